The van der Waals surface area contributed by atoms with Crippen molar-refractivity contribution in [3.63, 3.8) is 0 Å². The molecule has 0 unspecified atom stereocenters. The lowest BCUT2D eigenvalue weighted by molar-refractivity contribution is -0.133. The van der Waals surface area contributed by atoms with Crippen LogP contribution in [0.15, 0.2) is 43.0 Å². The fourth-order valence-corrected chi connectivity index (χ4v) is 2.77. The third-order valence-electron chi connectivity index (χ3n) is 4.14. The van der Waals surface area contributed by atoms with Gasteiger partial charge in [-0.15, -0.1) is 6.58 Å². The fraction of sp³-hybridized carbons (Fsp3) is 0.444. The molecule has 5 heteroatoms. The zero-order valence-electron chi connectivity index (χ0n) is 13.8. The number of hydrogen-bond donors (Lipinski definition) is 0. The number of anilines is 1. The number of hydrogen-bond acceptors (Lipinski definition) is 3. The van der Waals surface area contributed by atoms with Gasteiger partial charge in [0.15, 0.2) is 0 Å². The zero-order valence-corrected chi connectivity index (χ0v) is 13.8. The lowest BCUT2D eigenvalue weighted by atomic mass is 10.2. The van der Waals surface area contributed by atoms with Crippen LogP contribution in [0.3, 0.4) is 0 Å². The van der Waals surface area contributed by atoms with Crippen LogP contribution < -0.4 is 4.90 Å². The minimum absolute atomic E-state index is 0.0217. The Morgan fingerprint density at radius 3 is 2.39 bits per heavy atom. The van der Waals surface area contributed by atoms with Crippen molar-refractivity contribution in [1.82, 2.24) is 9.80 Å². The molecular weight excluding hydrogens is 290 g/mol. The van der Waals surface area contributed by atoms with E-state index in [2.05, 4.69) is 23.6 Å². The minimum Gasteiger partial charge on any atom is -0.368 e. The Bertz CT molecular complexity index is 536. The van der Waals surface area contributed by atoms with E-state index in [0.717, 1.165) is 26.2 Å². The second-order valence-corrected chi connectivity index (χ2v) is 5.71. The van der Waals surface area contributed by atoms with Crippen molar-refractivity contribution < 1.29 is 9.59 Å². The third-order valence-corrected chi connectivity index (χ3v) is 4.14. The van der Waals surface area contributed by atoms with Crippen molar-refractivity contribution in [3.05, 3.63) is 43.0 Å². The van der Waals surface area contributed by atoms with E-state index in [-0.39, 0.29) is 11.8 Å². The van der Waals surface area contributed by atoms with E-state index < -0.39 is 0 Å². The molecular formula is C18H25N3O2. The Hall–Kier alpha value is -2.30. The van der Waals surface area contributed by atoms with Gasteiger partial charge in [0, 0.05) is 58.3 Å². The molecule has 2 amide bonds. The summed E-state index contributed by atoms with van der Waals surface area (Å²) >= 11 is 0. The number of nitrogens with zero attached hydrogens (tertiary/aromatic N) is 3. The standard InChI is InChI=1S/C18H25N3O2/c1-3-10-19(16(2)22)11-9-18(23)21-14-12-20(13-15-21)17-7-5-4-6-8-17/h3-8H,1,9-15H2,2H3. The average Bonchev–Trinajstić information content (AvgIpc) is 2.59. The summed E-state index contributed by atoms with van der Waals surface area (Å²) in [5.41, 5.74) is 1.20. The second kappa shape index (κ2) is 8.36. The number of rotatable bonds is 6. The largest absolute Gasteiger partial charge is 0.368 e. The highest BCUT2D eigenvalue weighted by Gasteiger charge is 2.21. The van der Waals surface area contributed by atoms with Crippen LogP contribution in [0.2, 0.25) is 0 Å². The summed E-state index contributed by atoms with van der Waals surface area (Å²) in [6.45, 7) is 9.27. The van der Waals surface area contributed by atoms with E-state index in [1.54, 1.807) is 11.0 Å². The lowest BCUT2D eigenvalue weighted by Crippen LogP contribution is -2.49. The van der Waals surface area contributed by atoms with Crippen molar-refractivity contribution in [2.75, 3.05) is 44.2 Å². The molecule has 1 heterocycles. The summed E-state index contributed by atoms with van der Waals surface area (Å²) in [7, 11) is 0. The van der Waals surface area contributed by atoms with Crippen molar-refractivity contribution >= 4 is 17.5 Å². The van der Waals surface area contributed by atoms with E-state index >= 15 is 0 Å². The predicted molar refractivity (Wildman–Crippen MR) is 92.3 cm³/mol. The topological polar surface area (TPSA) is 43.9 Å². The quantitative estimate of drug-likeness (QED) is 0.751. The molecule has 23 heavy (non-hydrogen) atoms. The molecule has 1 aromatic rings. The zero-order chi connectivity index (χ0) is 16.7. The summed E-state index contributed by atoms with van der Waals surface area (Å²) in [5, 5.41) is 0. The van der Waals surface area contributed by atoms with Crippen molar-refractivity contribution in [1.29, 1.82) is 0 Å². The molecule has 1 saturated heterocycles. The number of para-hydroxylation sites is 1. The average molecular weight is 315 g/mol. The number of amides is 2. The van der Waals surface area contributed by atoms with E-state index in [9.17, 15) is 9.59 Å². The lowest BCUT2D eigenvalue weighted by Gasteiger charge is -2.36. The summed E-state index contributed by atoms with van der Waals surface area (Å²) in [5.74, 6) is 0.0969. The van der Waals surface area contributed by atoms with Crippen LogP contribution >= 0.6 is 0 Å². The van der Waals surface area contributed by atoms with Crippen molar-refractivity contribution in [2.24, 2.45) is 0 Å². The van der Waals surface area contributed by atoms with Gasteiger partial charge in [0.25, 0.3) is 0 Å². The van der Waals surface area contributed by atoms with Gasteiger partial charge in [-0.1, -0.05) is 24.3 Å². The number of piperazine rings is 1. The highest BCUT2D eigenvalue weighted by Crippen LogP contribution is 2.15. The van der Waals surface area contributed by atoms with Gasteiger partial charge in [-0.25, -0.2) is 0 Å². The molecule has 0 atom stereocenters. The first-order valence-corrected chi connectivity index (χ1v) is 8.06. The van der Waals surface area contributed by atoms with Crippen molar-refractivity contribution in [3.8, 4) is 0 Å². The first-order valence-electron chi connectivity index (χ1n) is 8.06. The van der Waals surface area contributed by atoms with Crippen LogP contribution in [0.1, 0.15) is 13.3 Å². The third kappa shape index (κ3) is 4.84. The first kappa shape index (κ1) is 17.1. The maximum atomic E-state index is 12.3. The molecule has 2 rings (SSSR count). The Labute approximate surface area is 138 Å². The summed E-state index contributed by atoms with van der Waals surface area (Å²) in [4.78, 5) is 29.6. The van der Waals surface area contributed by atoms with Gasteiger partial charge in [-0.05, 0) is 12.1 Å². The van der Waals surface area contributed by atoms with Crippen LogP contribution in [0.25, 0.3) is 0 Å². The van der Waals surface area contributed by atoms with Gasteiger partial charge in [0.05, 0.1) is 0 Å². The maximum Gasteiger partial charge on any atom is 0.224 e. The fourth-order valence-electron chi connectivity index (χ4n) is 2.77. The molecule has 5 nitrogen and oxygen atoms in total. The van der Waals surface area contributed by atoms with Crippen LogP contribution in [-0.4, -0.2) is 60.9 Å². The minimum atomic E-state index is -0.0217. The smallest absolute Gasteiger partial charge is 0.224 e. The molecule has 0 spiro atoms. The van der Waals surface area contributed by atoms with E-state index in [1.165, 1.54) is 12.6 Å². The normalized spacial score (nSPS) is 14.5. The van der Waals surface area contributed by atoms with Crippen LogP contribution in [0.4, 0.5) is 5.69 Å². The van der Waals surface area contributed by atoms with Gasteiger partial charge in [-0.3, -0.25) is 9.59 Å². The first-order chi connectivity index (χ1) is 11.1. The maximum absolute atomic E-state index is 12.3. The molecule has 0 N–H and O–H groups in total. The monoisotopic (exact) mass is 315 g/mol. The van der Waals surface area contributed by atoms with Gasteiger partial charge >= 0.3 is 0 Å². The van der Waals surface area contributed by atoms with Gasteiger partial charge < -0.3 is 14.7 Å². The number of benzene rings is 1. The second-order valence-electron chi connectivity index (χ2n) is 5.71. The Kier molecular flexibility index (Phi) is 6.20. The molecule has 0 aliphatic carbocycles. The Morgan fingerprint density at radius 1 is 1.17 bits per heavy atom. The molecule has 0 aromatic heterocycles. The highest BCUT2D eigenvalue weighted by molar-refractivity contribution is 5.78. The highest BCUT2D eigenvalue weighted by atomic mass is 16.2. The van der Waals surface area contributed by atoms with Gasteiger partial charge in [0.1, 0.15) is 0 Å². The Balaban J connectivity index is 1.79. The molecule has 124 valence electrons. The predicted octanol–water partition coefficient (Wildman–Crippen LogP) is 1.76. The SMILES string of the molecule is C=CCN(CCC(=O)N1CCN(c2ccccc2)CC1)C(C)=O. The van der Waals surface area contributed by atoms with Crippen LogP contribution in [0, 0.1) is 0 Å². The van der Waals surface area contributed by atoms with E-state index in [0.29, 0.717) is 19.5 Å². The molecule has 0 radical (unpaired) electrons. The van der Waals surface area contributed by atoms with Crippen molar-refractivity contribution in [2.45, 2.75) is 13.3 Å². The van der Waals surface area contributed by atoms with Gasteiger partial charge in [0.2, 0.25) is 11.8 Å². The van der Waals surface area contributed by atoms with Gasteiger partial charge in [-0.2, -0.15) is 0 Å². The molecule has 0 bridgehead atoms. The van der Waals surface area contributed by atoms with E-state index in [4.69, 9.17) is 0 Å². The Morgan fingerprint density at radius 2 is 1.83 bits per heavy atom. The van der Waals surface area contributed by atoms with Crippen LogP contribution in [0.5, 0.6) is 0 Å². The molecule has 1 aromatic carbocycles. The molecule has 1 fully saturated rings. The number of carbonyl (C=O) groups excluding carboxylic acids is 2. The summed E-state index contributed by atoms with van der Waals surface area (Å²) in [6, 6.07) is 10.3. The summed E-state index contributed by atoms with van der Waals surface area (Å²) < 4.78 is 0. The number of carbonyl (C=O) groups is 2. The molecule has 1 aliphatic heterocycles. The summed E-state index contributed by atoms with van der Waals surface area (Å²) in [6.07, 6.45) is 2.06. The molecule has 0 saturated carbocycles. The van der Waals surface area contributed by atoms with Crippen LogP contribution in [-0.2, 0) is 9.59 Å². The van der Waals surface area contributed by atoms with E-state index in [1.807, 2.05) is 23.1 Å². The molecule has 1 aliphatic rings.